The molecular formula is C15H28ClNO. The molecule has 0 aromatic carbocycles. The smallest absolute Gasteiger partial charge is 0.220 e. The molecule has 1 aliphatic rings. The minimum absolute atomic E-state index is 0.0728. The Kier molecular flexibility index (Phi) is 7.73. The summed E-state index contributed by atoms with van der Waals surface area (Å²) < 4.78 is 0. The summed E-state index contributed by atoms with van der Waals surface area (Å²) in [5.74, 6) is 1.55. The first-order chi connectivity index (χ1) is 8.58. The van der Waals surface area contributed by atoms with Crippen molar-refractivity contribution in [3.05, 3.63) is 0 Å². The standard InChI is InChI=1S/C15H28ClNO/c1-12(2)10-14(16)11-17-15(18)9-8-13-6-4-3-5-7-13/h12-14H,3-11H2,1-2H3,(H,17,18). The lowest BCUT2D eigenvalue weighted by Crippen LogP contribution is -2.30. The molecule has 1 atom stereocenters. The second kappa shape index (κ2) is 8.79. The summed E-state index contributed by atoms with van der Waals surface area (Å²) in [6.07, 6.45) is 9.42. The molecule has 1 N–H and O–H groups in total. The van der Waals surface area contributed by atoms with Crippen LogP contribution in [-0.2, 0) is 4.79 Å². The van der Waals surface area contributed by atoms with Gasteiger partial charge < -0.3 is 5.32 Å². The summed E-state index contributed by atoms with van der Waals surface area (Å²) in [6.45, 7) is 4.92. The van der Waals surface area contributed by atoms with E-state index in [2.05, 4.69) is 19.2 Å². The maximum absolute atomic E-state index is 11.7. The van der Waals surface area contributed by atoms with Crippen molar-refractivity contribution in [2.75, 3.05) is 6.54 Å². The zero-order valence-electron chi connectivity index (χ0n) is 11.9. The minimum atomic E-state index is 0.0728. The fourth-order valence-corrected chi connectivity index (χ4v) is 3.15. The second-order valence-corrected chi connectivity index (χ2v) is 6.69. The predicted octanol–water partition coefficient (Wildman–Crippen LogP) is 4.12. The first kappa shape index (κ1) is 15.8. The molecule has 0 spiro atoms. The average Bonchev–Trinajstić information content (AvgIpc) is 2.34. The van der Waals surface area contributed by atoms with Crippen molar-refractivity contribution in [1.29, 1.82) is 0 Å². The maximum atomic E-state index is 11.7. The van der Waals surface area contributed by atoms with E-state index in [1.54, 1.807) is 0 Å². The molecule has 0 saturated heterocycles. The number of amides is 1. The van der Waals surface area contributed by atoms with Gasteiger partial charge in [-0.1, -0.05) is 46.0 Å². The van der Waals surface area contributed by atoms with E-state index in [1.807, 2.05) is 0 Å². The molecule has 18 heavy (non-hydrogen) atoms. The highest BCUT2D eigenvalue weighted by Crippen LogP contribution is 2.27. The van der Waals surface area contributed by atoms with Crippen molar-refractivity contribution < 1.29 is 4.79 Å². The summed E-state index contributed by atoms with van der Waals surface area (Å²) in [5.41, 5.74) is 0. The van der Waals surface area contributed by atoms with Gasteiger partial charge in [0.15, 0.2) is 0 Å². The molecule has 1 unspecified atom stereocenters. The Bertz CT molecular complexity index is 237. The van der Waals surface area contributed by atoms with Crippen molar-refractivity contribution in [1.82, 2.24) is 5.32 Å². The average molecular weight is 274 g/mol. The van der Waals surface area contributed by atoms with E-state index < -0.39 is 0 Å². The van der Waals surface area contributed by atoms with Crippen LogP contribution in [0.4, 0.5) is 0 Å². The van der Waals surface area contributed by atoms with Gasteiger partial charge in [-0.15, -0.1) is 11.6 Å². The lowest BCUT2D eigenvalue weighted by molar-refractivity contribution is -0.121. The first-order valence-electron chi connectivity index (χ1n) is 7.48. The molecule has 0 aromatic heterocycles. The van der Waals surface area contributed by atoms with E-state index in [-0.39, 0.29) is 11.3 Å². The molecule has 0 heterocycles. The molecule has 1 fully saturated rings. The van der Waals surface area contributed by atoms with Crippen LogP contribution in [0.2, 0.25) is 0 Å². The van der Waals surface area contributed by atoms with Crippen LogP contribution in [0.5, 0.6) is 0 Å². The third-order valence-electron chi connectivity index (χ3n) is 3.75. The Morgan fingerprint density at radius 1 is 1.28 bits per heavy atom. The fraction of sp³-hybridized carbons (Fsp3) is 0.933. The monoisotopic (exact) mass is 273 g/mol. The van der Waals surface area contributed by atoms with Crippen LogP contribution in [-0.4, -0.2) is 17.8 Å². The number of hydrogen-bond donors (Lipinski definition) is 1. The first-order valence-corrected chi connectivity index (χ1v) is 7.92. The topological polar surface area (TPSA) is 29.1 Å². The third kappa shape index (κ3) is 7.25. The summed E-state index contributed by atoms with van der Waals surface area (Å²) >= 11 is 6.15. The van der Waals surface area contributed by atoms with E-state index in [9.17, 15) is 4.79 Å². The molecular weight excluding hydrogens is 246 g/mol. The lowest BCUT2D eigenvalue weighted by atomic mass is 9.86. The number of halogens is 1. The maximum Gasteiger partial charge on any atom is 0.220 e. The van der Waals surface area contributed by atoms with Crippen molar-refractivity contribution in [2.45, 2.75) is 70.6 Å². The lowest BCUT2D eigenvalue weighted by Gasteiger charge is -2.21. The molecule has 2 nitrogen and oxygen atoms in total. The molecule has 0 aliphatic heterocycles. The second-order valence-electron chi connectivity index (χ2n) is 6.07. The van der Waals surface area contributed by atoms with Gasteiger partial charge in [0, 0.05) is 13.0 Å². The number of hydrogen-bond acceptors (Lipinski definition) is 1. The molecule has 106 valence electrons. The van der Waals surface area contributed by atoms with E-state index in [4.69, 9.17) is 11.6 Å². The van der Waals surface area contributed by atoms with E-state index >= 15 is 0 Å². The van der Waals surface area contributed by atoms with Gasteiger partial charge in [-0.3, -0.25) is 4.79 Å². The Hall–Kier alpha value is -0.240. The van der Waals surface area contributed by atoms with Gasteiger partial charge in [0.2, 0.25) is 5.91 Å². The number of carbonyl (C=O) groups excluding carboxylic acids is 1. The fourth-order valence-electron chi connectivity index (χ4n) is 2.72. The van der Waals surface area contributed by atoms with Crippen molar-refractivity contribution >= 4 is 17.5 Å². The van der Waals surface area contributed by atoms with E-state index in [0.717, 1.165) is 18.8 Å². The number of alkyl halides is 1. The van der Waals surface area contributed by atoms with Crippen LogP contribution < -0.4 is 5.32 Å². The van der Waals surface area contributed by atoms with Crippen LogP contribution >= 0.6 is 11.6 Å². The number of nitrogens with one attached hydrogen (secondary N) is 1. The molecule has 0 radical (unpaired) electrons. The van der Waals surface area contributed by atoms with Crippen LogP contribution in [0.15, 0.2) is 0 Å². The van der Waals surface area contributed by atoms with Crippen molar-refractivity contribution in [3.63, 3.8) is 0 Å². The van der Waals surface area contributed by atoms with Crippen molar-refractivity contribution in [3.8, 4) is 0 Å². The molecule has 1 rings (SSSR count). The van der Waals surface area contributed by atoms with Gasteiger partial charge in [0.25, 0.3) is 0 Å². The highest BCUT2D eigenvalue weighted by atomic mass is 35.5. The molecule has 3 heteroatoms. The van der Waals surface area contributed by atoms with Crippen LogP contribution in [0.1, 0.15) is 65.2 Å². The summed E-state index contributed by atoms with van der Waals surface area (Å²) in [6, 6.07) is 0. The molecule has 1 aliphatic carbocycles. The number of carbonyl (C=O) groups is 1. The molecule has 1 amide bonds. The Morgan fingerprint density at radius 2 is 1.94 bits per heavy atom. The quantitative estimate of drug-likeness (QED) is 0.695. The van der Waals surface area contributed by atoms with Crippen LogP contribution in [0, 0.1) is 11.8 Å². The zero-order chi connectivity index (χ0) is 13.4. The van der Waals surface area contributed by atoms with Gasteiger partial charge in [0.05, 0.1) is 5.38 Å². The normalized spacial score (nSPS) is 18.9. The Morgan fingerprint density at radius 3 is 2.56 bits per heavy atom. The van der Waals surface area contributed by atoms with Gasteiger partial charge in [-0.25, -0.2) is 0 Å². The summed E-state index contributed by atoms with van der Waals surface area (Å²) in [7, 11) is 0. The SMILES string of the molecule is CC(C)CC(Cl)CNC(=O)CCC1CCCCC1. The van der Waals surface area contributed by atoms with E-state index in [0.29, 0.717) is 18.9 Å². The highest BCUT2D eigenvalue weighted by Gasteiger charge is 2.15. The van der Waals surface area contributed by atoms with Gasteiger partial charge in [0.1, 0.15) is 0 Å². The Labute approximate surface area is 117 Å². The predicted molar refractivity (Wildman–Crippen MR) is 77.9 cm³/mol. The molecule has 0 aromatic rings. The van der Waals surface area contributed by atoms with Crippen LogP contribution in [0.3, 0.4) is 0 Å². The summed E-state index contributed by atoms with van der Waals surface area (Å²) in [4.78, 5) is 11.7. The van der Waals surface area contributed by atoms with Gasteiger partial charge >= 0.3 is 0 Å². The minimum Gasteiger partial charge on any atom is -0.355 e. The Balaban J connectivity index is 2.06. The largest absolute Gasteiger partial charge is 0.355 e. The third-order valence-corrected chi connectivity index (χ3v) is 4.08. The number of rotatable bonds is 7. The zero-order valence-corrected chi connectivity index (χ0v) is 12.6. The van der Waals surface area contributed by atoms with Crippen molar-refractivity contribution in [2.24, 2.45) is 11.8 Å². The summed E-state index contributed by atoms with van der Waals surface area (Å²) in [5, 5.41) is 3.03. The van der Waals surface area contributed by atoms with Gasteiger partial charge in [-0.05, 0) is 24.7 Å². The molecule has 1 saturated carbocycles. The molecule has 0 bridgehead atoms. The highest BCUT2D eigenvalue weighted by molar-refractivity contribution is 6.20. The van der Waals surface area contributed by atoms with Gasteiger partial charge in [-0.2, -0.15) is 0 Å². The van der Waals surface area contributed by atoms with E-state index in [1.165, 1.54) is 32.1 Å². The van der Waals surface area contributed by atoms with Crippen LogP contribution in [0.25, 0.3) is 0 Å².